The van der Waals surface area contributed by atoms with Crippen molar-refractivity contribution in [3.8, 4) is 33.4 Å². The maximum atomic E-state index is 2.53. The Balaban J connectivity index is 1.15. The van der Waals surface area contributed by atoms with E-state index >= 15 is 0 Å². The first-order valence-electron chi connectivity index (χ1n) is 20.1. The molecule has 0 amide bonds. The molecule has 1 nitrogen and oxygen atoms in total. The third kappa shape index (κ3) is 5.66. The van der Waals surface area contributed by atoms with Gasteiger partial charge in [-0.15, -0.1) is 22.7 Å². The SMILES string of the molecule is c1ccc(-c2ccc(-c3cc4ccccc4c4ccccc34)cc2N(c2cccc(-c3ccc4sc5ccccc5c4c3)c2)c2cccc3sc4ccccc4c23)cc1. The maximum absolute atomic E-state index is 2.53. The molecule has 12 aromatic rings. The minimum absolute atomic E-state index is 1.11. The van der Waals surface area contributed by atoms with Crippen LogP contribution in [0.2, 0.25) is 0 Å². The van der Waals surface area contributed by atoms with Crippen molar-refractivity contribution in [2.24, 2.45) is 0 Å². The summed E-state index contributed by atoms with van der Waals surface area (Å²) in [6, 6.07) is 78.5. The second kappa shape index (κ2) is 13.8. The van der Waals surface area contributed by atoms with Gasteiger partial charge in [-0.3, -0.25) is 0 Å². The zero-order chi connectivity index (χ0) is 38.9. The zero-order valence-corrected chi connectivity index (χ0v) is 33.6. The number of nitrogens with zero attached hydrogens (tertiary/aromatic N) is 1. The van der Waals surface area contributed by atoms with E-state index in [4.69, 9.17) is 0 Å². The summed E-state index contributed by atoms with van der Waals surface area (Å²) in [6.07, 6.45) is 0. The summed E-state index contributed by atoms with van der Waals surface area (Å²) in [4.78, 5) is 2.53. The van der Waals surface area contributed by atoms with E-state index in [1.807, 2.05) is 22.7 Å². The molecular weight excluding hydrogens is 751 g/mol. The molecule has 59 heavy (non-hydrogen) atoms. The molecule has 0 radical (unpaired) electrons. The largest absolute Gasteiger partial charge is 0.309 e. The van der Waals surface area contributed by atoms with Gasteiger partial charge in [-0.25, -0.2) is 0 Å². The van der Waals surface area contributed by atoms with Crippen LogP contribution in [0.4, 0.5) is 17.1 Å². The molecule has 0 fully saturated rings. The predicted octanol–water partition coefficient (Wildman–Crippen LogP) is 17.2. The van der Waals surface area contributed by atoms with Crippen molar-refractivity contribution in [1.82, 2.24) is 0 Å². The molecule has 0 aliphatic heterocycles. The van der Waals surface area contributed by atoms with E-state index in [0.29, 0.717) is 0 Å². The fourth-order valence-electron chi connectivity index (χ4n) is 9.12. The first kappa shape index (κ1) is 34.0. The minimum atomic E-state index is 1.11. The van der Waals surface area contributed by atoms with Crippen molar-refractivity contribution in [1.29, 1.82) is 0 Å². The molecule has 3 heteroatoms. The van der Waals surface area contributed by atoms with Crippen molar-refractivity contribution < 1.29 is 0 Å². The van der Waals surface area contributed by atoms with Crippen LogP contribution in [0.5, 0.6) is 0 Å². The molecule has 0 atom stereocenters. The number of thiophene rings is 2. The molecule has 0 aliphatic rings. The van der Waals surface area contributed by atoms with Crippen LogP contribution in [-0.4, -0.2) is 0 Å². The Bertz CT molecular complexity index is 3580. The molecule has 10 aromatic carbocycles. The van der Waals surface area contributed by atoms with E-state index in [-0.39, 0.29) is 0 Å². The molecule has 2 heterocycles. The van der Waals surface area contributed by atoms with Crippen LogP contribution < -0.4 is 4.90 Å². The average Bonchev–Trinajstić information content (AvgIpc) is 3.88. The number of benzene rings is 10. The first-order valence-corrected chi connectivity index (χ1v) is 21.7. The lowest BCUT2D eigenvalue weighted by Gasteiger charge is -2.30. The molecule has 0 saturated heterocycles. The highest BCUT2D eigenvalue weighted by Gasteiger charge is 2.23. The van der Waals surface area contributed by atoms with Crippen molar-refractivity contribution >= 4 is 102 Å². The van der Waals surface area contributed by atoms with Crippen LogP contribution >= 0.6 is 22.7 Å². The quantitative estimate of drug-likeness (QED) is 0.152. The van der Waals surface area contributed by atoms with E-state index in [1.54, 1.807) is 0 Å². The molecule has 0 unspecified atom stereocenters. The van der Waals surface area contributed by atoms with Gasteiger partial charge in [0.2, 0.25) is 0 Å². The second-order valence-electron chi connectivity index (χ2n) is 15.2. The normalized spacial score (nSPS) is 11.7. The summed E-state index contributed by atoms with van der Waals surface area (Å²) < 4.78 is 5.20. The standard InChI is InChI=1S/C56H35NS2/c1-2-14-36(15-3-1)43-30-28-40(48-34-39-16-4-5-19-42(39)44-20-6-7-21-45(44)48)35-51(43)57(50-24-13-27-55-56(50)47-23-9-11-26-53(47)59-55)41-18-12-17-37(32-41)38-29-31-54-49(33-38)46-22-8-10-25-52(46)58-54/h1-35H. The Morgan fingerprint density at radius 2 is 0.898 bits per heavy atom. The third-order valence-electron chi connectivity index (χ3n) is 11.8. The summed E-state index contributed by atoms with van der Waals surface area (Å²) in [7, 11) is 0. The van der Waals surface area contributed by atoms with Crippen LogP contribution in [0.3, 0.4) is 0 Å². The van der Waals surface area contributed by atoms with Crippen LogP contribution in [0.25, 0.3) is 95.3 Å². The Morgan fingerprint density at radius 1 is 0.288 bits per heavy atom. The van der Waals surface area contributed by atoms with Crippen molar-refractivity contribution in [2.45, 2.75) is 0 Å². The van der Waals surface area contributed by atoms with Gasteiger partial charge in [-0.05, 0) is 110 Å². The van der Waals surface area contributed by atoms with E-state index < -0.39 is 0 Å². The van der Waals surface area contributed by atoms with E-state index in [9.17, 15) is 0 Å². The average molecular weight is 786 g/mol. The smallest absolute Gasteiger partial charge is 0.0555 e. The van der Waals surface area contributed by atoms with Gasteiger partial charge in [0, 0.05) is 51.6 Å². The van der Waals surface area contributed by atoms with Gasteiger partial charge >= 0.3 is 0 Å². The number of fused-ring (bicyclic) bond motifs is 9. The van der Waals surface area contributed by atoms with Crippen molar-refractivity contribution in [2.75, 3.05) is 4.90 Å². The Kier molecular flexibility index (Phi) is 7.97. The van der Waals surface area contributed by atoms with Crippen LogP contribution in [-0.2, 0) is 0 Å². The molecule has 0 saturated carbocycles. The lowest BCUT2D eigenvalue weighted by molar-refractivity contribution is 1.30. The Morgan fingerprint density at radius 3 is 1.76 bits per heavy atom. The minimum Gasteiger partial charge on any atom is -0.309 e. The second-order valence-corrected chi connectivity index (χ2v) is 17.4. The topological polar surface area (TPSA) is 3.24 Å². The summed E-state index contributed by atoms with van der Waals surface area (Å²) in [5, 5.41) is 10.2. The van der Waals surface area contributed by atoms with Gasteiger partial charge < -0.3 is 4.90 Å². The monoisotopic (exact) mass is 785 g/mol. The molecule has 2 aromatic heterocycles. The Labute approximate surface area is 350 Å². The molecule has 0 aliphatic carbocycles. The van der Waals surface area contributed by atoms with Gasteiger partial charge in [-0.1, -0.05) is 152 Å². The Hall–Kier alpha value is -7.04. The number of hydrogen-bond acceptors (Lipinski definition) is 3. The summed E-state index contributed by atoms with van der Waals surface area (Å²) >= 11 is 3.73. The predicted molar refractivity (Wildman–Crippen MR) is 258 cm³/mol. The zero-order valence-electron chi connectivity index (χ0n) is 32.0. The van der Waals surface area contributed by atoms with Gasteiger partial charge in [0.15, 0.2) is 0 Å². The highest BCUT2D eigenvalue weighted by atomic mass is 32.1. The number of anilines is 3. The van der Waals surface area contributed by atoms with Gasteiger partial charge in [-0.2, -0.15) is 0 Å². The third-order valence-corrected chi connectivity index (χ3v) is 14.1. The molecule has 0 spiro atoms. The first-order chi connectivity index (χ1) is 29.2. The fourth-order valence-corrected chi connectivity index (χ4v) is 11.3. The van der Waals surface area contributed by atoms with Crippen molar-refractivity contribution in [3.63, 3.8) is 0 Å². The van der Waals surface area contributed by atoms with E-state index in [2.05, 4.69) is 217 Å². The van der Waals surface area contributed by atoms with Crippen LogP contribution in [0, 0.1) is 0 Å². The van der Waals surface area contributed by atoms with E-state index in [1.165, 1.54) is 95.3 Å². The van der Waals surface area contributed by atoms with Crippen LogP contribution in [0.15, 0.2) is 212 Å². The van der Waals surface area contributed by atoms with Crippen LogP contribution in [0.1, 0.15) is 0 Å². The highest BCUT2D eigenvalue weighted by molar-refractivity contribution is 7.26. The highest BCUT2D eigenvalue weighted by Crippen LogP contribution is 2.49. The van der Waals surface area contributed by atoms with Crippen molar-refractivity contribution in [3.05, 3.63) is 212 Å². The van der Waals surface area contributed by atoms with Gasteiger partial charge in [0.25, 0.3) is 0 Å². The fraction of sp³-hybridized carbons (Fsp3) is 0. The summed E-state index contributed by atoms with van der Waals surface area (Å²) in [6.45, 7) is 0. The van der Waals surface area contributed by atoms with Gasteiger partial charge in [0.05, 0.1) is 11.4 Å². The lowest BCUT2D eigenvalue weighted by Crippen LogP contribution is -2.12. The lowest BCUT2D eigenvalue weighted by atomic mass is 9.91. The maximum Gasteiger partial charge on any atom is 0.0555 e. The summed E-state index contributed by atoms with van der Waals surface area (Å²) in [5.74, 6) is 0. The number of rotatable bonds is 6. The molecule has 0 bridgehead atoms. The molecule has 0 N–H and O–H groups in total. The molecular formula is C56H35NS2. The van der Waals surface area contributed by atoms with Gasteiger partial charge in [0.1, 0.15) is 0 Å². The van der Waals surface area contributed by atoms with E-state index in [0.717, 1.165) is 17.1 Å². The molecule has 12 rings (SSSR count). The number of hydrogen-bond donors (Lipinski definition) is 0. The summed E-state index contributed by atoms with van der Waals surface area (Å²) in [5.41, 5.74) is 10.6. The molecule has 276 valence electrons.